The van der Waals surface area contributed by atoms with Crippen LogP contribution in [0.25, 0.3) is 0 Å². The average Bonchev–Trinajstić information content (AvgIpc) is 2.15. The van der Waals surface area contributed by atoms with Crippen molar-refractivity contribution in [2.75, 3.05) is 13.6 Å². The van der Waals surface area contributed by atoms with Crippen LogP contribution in [-0.2, 0) is 4.79 Å². The summed E-state index contributed by atoms with van der Waals surface area (Å²) in [6, 6.07) is -0.651. The van der Waals surface area contributed by atoms with Gasteiger partial charge in [0, 0.05) is 7.92 Å². The highest BCUT2D eigenvalue weighted by molar-refractivity contribution is 5.75. The SMILES string of the molecule is [2H]CN[C@@H](CCCCN=C(N)N)C(=O)O. The number of nitrogens with two attached hydrogens (primary N) is 2. The molecule has 0 radical (unpaired) electrons. The molecule has 0 bridgehead atoms. The number of aliphatic imine (C=N–C) groups is 1. The number of carboxylic acids is 1. The highest BCUT2D eigenvalue weighted by Gasteiger charge is 2.13. The van der Waals surface area contributed by atoms with Crippen molar-refractivity contribution < 1.29 is 11.3 Å². The monoisotopic (exact) mass is 203 g/mol. The molecule has 0 aliphatic carbocycles. The fraction of sp³-hybridized carbons (Fsp3) is 0.750. The Morgan fingerprint density at radius 3 is 2.86 bits per heavy atom. The highest BCUT2D eigenvalue weighted by Crippen LogP contribution is 2.00. The lowest BCUT2D eigenvalue weighted by Crippen LogP contribution is -2.33. The van der Waals surface area contributed by atoms with E-state index in [0.29, 0.717) is 19.4 Å². The van der Waals surface area contributed by atoms with Gasteiger partial charge in [-0.05, 0) is 26.3 Å². The molecule has 6 N–H and O–H groups in total. The molecule has 0 aromatic rings. The van der Waals surface area contributed by atoms with Gasteiger partial charge in [0.1, 0.15) is 6.04 Å². The number of aliphatic carboxylic acids is 1. The van der Waals surface area contributed by atoms with E-state index in [1.807, 2.05) is 0 Å². The van der Waals surface area contributed by atoms with Crippen LogP contribution in [0, 0.1) is 0 Å². The summed E-state index contributed by atoms with van der Waals surface area (Å²) in [7, 11) is -0.0924. The van der Waals surface area contributed by atoms with E-state index in [2.05, 4.69) is 10.3 Å². The molecule has 1 atom stereocenters. The number of hydrogen-bond acceptors (Lipinski definition) is 3. The van der Waals surface area contributed by atoms with Crippen molar-refractivity contribution in [3.63, 3.8) is 0 Å². The summed E-state index contributed by atoms with van der Waals surface area (Å²) >= 11 is 0. The number of unbranched alkanes of at least 4 members (excludes halogenated alkanes) is 1. The quantitative estimate of drug-likeness (QED) is 0.243. The lowest BCUT2D eigenvalue weighted by atomic mass is 10.1. The molecule has 82 valence electrons. The molecule has 6 nitrogen and oxygen atoms in total. The highest BCUT2D eigenvalue weighted by atomic mass is 16.4. The number of nitrogens with zero attached hydrogens (tertiary/aromatic N) is 1. The molecule has 0 aliphatic heterocycles. The van der Waals surface area contributed by atoms with Crippen LogP contribution < -0.4 is 16.8 Å². The number of carbonyl (C=O) groups is 1. The predicted molar refractivity (Wildman–Crippen MR) is 55.0 cm³/mol. The van der Waals surface area contributed by atoms with Gasteiger partial charge >= 0.3 is 5.97 Å². The first-order valence-electron chi connectivity index (χ1n) is 5.09. The largest absolute Gasteiger partial charge is 0.480 e. The molecule has 0 amide bonds. The fourth-order valence-corrected chi connectivity index (χ4v) is 0.981. The van der Waals surface area contributed by atoms with Crippen molar-refractivity contribution in [3.05, 3.63) is 0 Å². The van der Waals surface area contributed by atoms with Gasteiger partial charge in [-0.2, -0.15) is 0 Å². The number of guanidine groups is 1. The van der Waals surface area contributed by atoms with Gasteiger partial charge in [0.25, 0.3) is 0 Å². The van der Waals surface area contributed by atoms with Gasteiger partial charge in [-0.15, -0.1) is 0 Å². The van der Waals surface area contributed by atoms with Crippen LogP contribution in [0.3, 0.4) is 0 Å². The minimum Gasteiger partial charge on any atom is -0.480 e. The maximum Gasteiger partial charge on any atom is 0.320 e. The van der Waals surface area contributed by atoms with Crippen molar-refractivity contribution >= 4 is 11.9 Å². The summed E-state index contributed by atoms with van der Waals surface area (Å²) in [6.45, 7) is 0.509. The van der Waals surface area contributed by atoms with Crippen LogP contribution >= 0.6 is 0 Å². The molecule has 0 aliphatic rings. The van der Waals surface area contributed by atoms with E-state index >= 15 is 0 Å². The number of hydrogen-bond donors (Lipinski definition) is 4. The van der Waals surface area contributed by atoms with Crippen molar-refractivity contribution in [2.24, 2.45) is 16.5 Å². The van der Waals surface area contributed by atoms with Gasteiger partial charge in [-0.25, -0.2) is 0 Å². The van der Waals surface area contributed by atoms with Crippen LogP contribution in [0.4, 0.5) is 0 Å². The summed E-state index contributed by atoms with van der Waals surface area (Å²) in [5, 5.41) is 11.3. The Kier molecular flexibility index (Phi) is 5.49. The Bertz CT molecular complexity index is 219. The van der Waals surface area contributed by atoms with Gasteiger partial charge in [-0.1, -0.05) is 0 Å². The first kappa shape index (κ1) is 10.8. The molecule has 0 heterocycles. The summed E-state index contributed by atoms with van der Waals surface area (Å²) in [5.41, 5.74) is 10.3. The molecule has 0 unspecified atom stereocenters. The second kappa shape index (κ2) is 7.14. The average molecular weight is 203 g/mol. The van der Waals surface area contributed by atoms with E-state index in [-0.39, 0.29) is 13.0 Å². The lowest BCUT2D eigenvalue weighted by molar-refractivity contribution is -0.139. The molecule has 6 heteroatoms. The van der Waals surface area contributed by atoms with Crippen LogP contribution in [0.2, 0.25) is 0 Å². The van der Waals surface area contributed by atoms with E-state index in [0.717, 1.165) is 6.42 Å². The van der Waals surface area contributed by atoms with Crippen LogP contribution in [0.1, 0.15) is 20.6 Å². The van der Waals surface area contributed by atoms with Gasteiger partial charge < -0.3 is 21.9 Å². The molecule has 14 heavy (non-hydrogen) atoms. The maximum atomic E-state index is 10.6. The van der Waals surface area contributed by atoms with E-state index in [4.69, 9.17) is 17.9 Å². The maximum absolute atomic E-state index is 10.6. The molecule has 0 spiro atoms. The van der Waals surface area contributed by atoms with Crippen LogP contribution in [0.5, 0.6) is 0 Å². The van der Waals surface area contributed by atoms with E-state index in [9.17, 15) is 4.79 Å². The second-order valence-electron chi connectivity index (χ2n) is 2.90. The topological polar surface area (TPSA) is 114 Å². The zero-order chi connectivity index (χ0) is 11.7. The van der Waals surface area contributed by atoms with E-state index in [1.54, 1.807) is 0 Å². The molecule has 0 saturated heterocycles. The molecule has 0 aromatic carbocycles. The summed E-state index contributed by atoms with van der Waals surface area (Å²) in [4.78, 5) is 14.4. The third kappa shape index (κ3) is 6.24. The Balaban J connectivity index is 3.62. The number of carboxylic acid groups (broad SMARTS) is 1. The smallest absolute Gasteiger partial charge is 0.320 e. The van der Waals surface area contributed by atoms with Crippen molar-refractivity contribution in [3.8, 4) is 0 Å². The first-order valence-corrected chi connectivity index (χ1v) is 4.38. The zero-order valence-corrected chi connectivity index (χ0v) is 8.07. The van der Waals surface area contributed by atoms with Crippen molar-refractivity contribution in [1.82, 2.24) is 5.32 Å². The standard InChI is InChI=1S/C8H18N4O2/c1-11-6(7(13)14)4-2-3-5-12-8(9)10/h6,11H,2-5H2,1H3,(H,13,14)(H4,9,10,12)/t6-/m0/s1/i1D. The number of rotatable bonds is 7. The molecular weight excluding hydrogens is 184 g/mol. The Morgan fingerprint density at radius 2 is 2.36 bits per heavy atom. The normalized spacial score (nSPS) is 13.0. The molecule has 0 fully saturated rings. The zero-order valence-electron chi connectivity index (χ0n) is 9.07. The van der Waals surface area contributed by atoms with Crippen molar-refractivity contribution in [2.45, 2.75) is 25.3 Å². The summed E-state index contributed by atoms with van der Waals surface area (Å²) < 4.78 is 6.87. The van der Waals surface area contributed by atoms with Gasteiger partial charge in [0.15, 0.2) is 5.96 Å². The minimum atomic E-state index is -0.927. The summed E-state index contributed by atoms with van der Waals surface area (Å²) in [6.07, 6.45) is 1.93. The number of nitrogens with one attached hydrogen (secondary N) is 1. The molecule has 0 rings (SSSR count). The van der Waals surface area contributed by atoms with Crippen molar-refractivity contribution in [1.29, 1.82) is 0 Å². The third-order valence-corrected chi connectivity index (χ3v) is 1.74. The molecule has 0 saturated carbocycles. The van der Waals surface area contributed by atoms with Gasteiger partial charge in [0.2, 0.25) is 0 Å². The van der Waals surface area contributed by atoms with E-state index in [1.165, 1.54) is 0 Å². The molecule has 0 aromatic heterocycles. The van der Waals surface area contributed by atoms with E-state index < -0.39 is 12.0 Å². The summed E-state index contributed by atoms with van der Waals surface area (Å²) in [5.74, 6) is -0.877. The molecular formula is C8H18N4O2. The lowest BCUT2D eigenvalue weighted by Gasteiger charge is -2.09. The van der Waals surface area contributed by atoms with Crippen LogP contribution in [-0.4, -0.2) is 36.6 Å². The van der Waals surface area contributed by atoms with Gasteiger partial charge in [-0.3, -0.25) is 9.79 Å². The first-order chi connectivity index (χ1) is 7.07. The number of likely N-dealkylation sites (N-methyl/N-ethyl adjacent to an activating group) is 1. The second-order valence-corrected chi connectivity index (χ2v) is 2.90. The fourth-order valence-electron chi connectivity index (χ4n) is 0.981. The minimum absolute atomic E-state index is 0.0501. The van der Waals surface area contributed by atoms with Crippen LogP contribution in [0.15, 0.2) is 4.99 Å². The predicted octanol–water partition coefficient (Wildman–Crippen LogP) is -0.897. The third-order valence-electron chi connectivity index (χ3n) is 1.74. The Morgan fingerprint density at radius 1 is 1.64 bits per heavy atom. The Hall–Kier alpha value is -1.30. The Labute approximate surface area is 84.8 Å². The van der Waals surface area contributed by atoms with Gasteiger partial charge in [0.05, 0.1) is 0 Å².